The second-order valence-corrected chi connectivity index (χ2v) is 7.27. The van der Waals surface area contributed by atoms with Gasteiger partial charge in [0.2, 0.25) is 5.91 Å². The second-order valence-electron chi connectivity index (χ2n) is 6.86. The molecule has 3 rings (SSSR count). The molecular weight excluding hydrogens is 348 g/mol. The fourth-order valence-electron chi connectivity index (χ4n) is 3.41. The van der Waals surface area contributed by atoms with Gasteiger partial charge in [-0.15, -0.1) is 0 Å². The van der Waals surface area contributed by atoms with E-state index >= 15 is 0 Å². The zero-order chi connectivity index (χ0) is 18.7. The molecule has 0 spiro atoms. The van der Waals surface area contributed by atoms with Gasteiger partial charge in [0.15, 0.2) is 0 Å². The topological polar surface area (TPSA) is 49.4 Å². The van der Waals surface area contributed by atoms with E-state index in [0.29, 0.717) is 42.2 Å². The Hall–Kier alpha value is -2.33. The Labute approximate surface area is 159 Å². The van der Waals surface area contributed by atoms with Crippen molar-refractivity contribution >= 4 is 29.1 Å². The largest absolute Gasteiger partial charge is 0.339 e. The molecule has 1 N–H and O–H groups in total. The number of piperidine rings is 1. The van der Waals surface area contributed by atoms with E-state index in [-0.39, 0.29) is 17.7 Å². The molecular formula is C21H23ClN2O2. The fourth-order valence-corrected chi connectivity index (χ4v) is 3.78. The van der Waals surface area contributed by atoms with Crippen molar-refractivity contribution < 1.29 is 9.59 Å². The van der Waals surface area contributed by atoms with E-state index < -0.39 is 0 Å². The summed E-state index contributed by atoms with van der Waals surface area (Å²) in [5, 5.41) is 3.54. The molecule has 4 nitrogen and oxygen atoms in total. The maximum Gasteiger partial charge on any atom is 0.253 e. The van der Waals surface area contributed by atoms with Crippen LogP contribution in [-0.4, -0.2) is 29.8 Å². The van der Waals surface area contributed by atoms with Gasteiger partial charge in [0.05, 0.1) is 10.7 Å². The van der Waals surface area contributed by atoms with E-state index in [1.807, 2.05) is 61.2 Å². The molecule has 1 aliphatic heterocycles. The van der Waals surface area contributed by atoms with Crippen molar-refractivity contribution in [2.45, 2.75) is 26.7 Å². The van der Waals surface area contributed by atoms with Crippen molar-refractivity contribution in [2.75, 3.05) is 18.4 Å². The Morgan fingerprint density at radius 1 is 1.08 bits per heavy atom. The molecule has 1 heterocycles. The fraction of sp³-hybridized carbons (Fsp3) is 0.333. The van der Waals surface area contributed by atoms with Crippen LogP contribution in [-0.2, 0) is 4.79 Å². The molecule has 5 heteroatoms. The monoisotopic (exact) mass is 370 g/mol. The van der Waals surface area contributed by atoms with Gasteiger partial charge in [-0.1, -0.05) is 35.9 Å². The number of nitrogens with one attached hydrogen (secondary N) is 1. The van der Waals surface area contributed by atoms with E-state index in [1.165, 1.54) is 0 Å². The van der Waals surface area contributed by atoms with Crippen LogP contribution in [0.15, 0.2) is 42.5 Å². The van der Waals surface area contributed by atoms with Crippen LogP contribution in [0.4, 0.5) is 5.69 Å². The van der Waals surface area contributed by atoms with E-state index in [9.17, 15) is 9.59 Å². The third-order valence-corrected chi connectivity index (χ3v) is 5.15. The van der Waals surface area contributed by atoms with E-state index in [4.69, 9.17) is 11.6 Å². The quantitative estimate of drug-likeness (QED) is 0.867. The van der Waals surface area contributed by atoms with Crippen LogP contribution >= 0.6 is 11.6 Å². The molecule has 0 atom stereocenters. The Morgan fingerprint density at radius 3 is 2.35 bits per heavy atom. The maximum atomic E-state index is 12.6. The Morgan fingerprint density at radius 2 is 1.73 bits per heavy atom. The van der Waals surface area contributed by atoms with E-state index in [2.05, 4.69) is 5.32 Å². The van der Waals surface area contributed by atoms with Crippen molar-refractivity contribution in [3.8, 4) is 0 Å². The zero-order valence-electron chi connectivity index (χ0n) is 15.1. The molecule has 26 heavy (non-hydrogen) atoms. The highest BCUT2D eigenvalue weighted by Crippen LogP contribution is 2.29. The number of carbonyl (C=O) groups excluding carboxylic acids is 2. The third kappa shape index (κ3) is 4.07. The van der Waals surface area contributed by atoms with Crippen molar-refractivity contribution in [1.82, 2.24) is 4.90 Å². The number of carbonyl (C=O) groups is 2. The van der Waals surface area contributed by atoms with Crippen LogP contribution in [0.5, 0.6) is 0 Å². The first-order valence-electron chi connectivity index (χ1n) is 8.87. The van der Waals surface area contributed by atoms with Crippen molar-refractivity contribution in [1.29, 1.82) is 0 Å². The summed E-state index contributed by atoms with van der Waals surface area (Å²) >= 11 is 6.28. The molecule has 1 fully saturated rings. The van der Waals surface area contributed by atoms with Crippen LogP contribution in [0.1, 0.15) is 34.3 Å². The summed E-state index contributed by atoms with van der Waals surface area (Å²) in [5.74, 6) is -0.0980. The minimum absolute atomic E-state index is 0.0225. The minimum Gasteiger partial charge on any atom is -0.339 e. The van der Waals surface area contributed by atoms with Crippen molar-refractivity contribution in [3.05, 3.63) is 64.2 Å². The Kier molecular flexibility index (Phi) is 5.62. The van der Waals surface area contributed by atoms with E-state index in [0.717, 1.165) is 11.1 Å². The summed E-state index contributed by atoms with van der Waals surface area (Å²) in [6.07, 6.45) is 1.32. The number of aryl methyl sites for hydroxylation is 2. The molecule has 0 aliphatic carbocycles. The SMILES string of the molecule is Cc1cc(C)c(NC(=O)C2CCN(C(=O)c3ccccc3)CC2)c(Cl)c1. The van der Waals surface area contributed by atoms with Crippen molar-refractivity contribution in [3.63, 3.8) is 0 Å². The number of anilines is 1. The Balaban J connectivity index is 1.60. The van der Waals surface area contributed by atoms with Crippen LogP contribution in [0, 0.1) is 19.8 Å². The number of rotatable bonds is 3. The lowest BCUT2D eigenvalue weighted by atomic mass is 9.95. The lowest BCUT2D eigenvalue weighted by molar-refractivity contribution is -0.121. The van der Waals surface area contributed by atoms with Gasteiger partial charge in [-0.3, -0.25) is 9.59 Å². The van der Waals surface area contributed by atoms with Gasteiger partial charge in [-0.25, -0.2) is 0 Å². The first-order chi connectivity index (χ1) is 12.5. The molecule has 2 aromatic carbocycles. The highest BCUT2D eigenvalue weighted by molar-refractivity contribution is 6.34. The second kappa shape index (κ2) is 7.92. The third-order valence-electron chi connectivity index (χ3n) is 4.85. The first-order valence-corrected chi connectivity index (χ1v) is 9.25. The van der Waals surface area contributed by atoms with Crippen molar-refractivity contribution in [2.24, 2.45) is 5.92 Å². The smallest absolute Gasteiger partial charge is 0.253 e. The summed E-state index contributed by atoms with van der Waals surface area (Å²) < 4.78 is 0. The first kappa shape index (κ1) is 18.5. The molecule has 0 aromatic heterocycles. The maximum absolute atomic E-state index is 12.6. The highest BCUT2D eigenvalue weighted by Gasteiger charge is 2.28. The molecule has 0 radical (unpaired) electrons. The Bertz CT molecular complexity index is 789. The van der Waals surface area contributed by atoms with Gasteiger partial charge in [0, 0.05) is 24.6 Å². The van der Waals surface area contributed by atoms with E-state index in [1.54, 1.807) is 0 Å². The zero-order valence-corrected chi connectivity index (χ0v) is 15.8. The molecule has 0 bridgehead atoms. The lowest BCUT2D eigenvalue weighted by Gasteiger charge is -2.31. The summed E-state index contributed by atoms with van der Waals surface area (Å²) in [5.41, 5.74) is 3.40. The lowest BCUT2D eigenvalue weighted by Crippen LogP contribution is -2.41. The van der Waals surface area contributed by atoms with Gasteiger partial charge in [0.1, 0.15) is 0 Å². The highest BCUT2D eigenvalue weighted by atomic mass is 35.5. The van der Waals surface area contributed by atoms with Gasteiger partial charge >= 0.3 is 0 Å². The molecule has 1 saturated heterocycles. The summed E-state index contributed by atoms with van der Waals surface area (Å²) in [6.45, 7) is 5.10. The van der Waals surface area contributed by atoms with Crippen LogP contribution < -0.4 is 5.32 Å². The molecule has 2 amide bonds. The van der Waals surface area contributed by atoms with Gasteiger partial charge in [-0.2, -0.15) is 0 Å². The molecule has 0 saturated carbocycles. The number of halogens is 1. The number of hydrogen-bond acceptors (Lipinski definition) is 2. The minimum atomic E-state index is -0.105. The summed E-state index contributed by atoms with van der Waals surface area (Å²) in [6, 6.07) is 13.1. The predicted molar refractivity (Wildman–Crippen MR) is 105 cm³/mol. The number of amides is 2. The van der Waals surface area contributed by atoms with Crippen LogP contribution in [0.3, 0.4) is 0 Å². The summed E-state index contributed by atoms with van der Waals surface area (Å²) in [4.78, 5) is 26.9. The normalized spacial score (nSPS) is 15.0. The van der Waals surface area contributed by atoms with Gasteiger partial charge in [0.25, 0.3) is 5.91 Å². The molecule has 1 aliphatic rings. The molecule has 2 aromatic rings. The summed E-state index contributed by atoms with van der Waals surface area (Å²) in [7, 11) is 0. The predicted octanol–water partition coefficient (Wildman–Crippen LogP) is 4.45. The van der Waals surface area contributed by atoms with Gasteiger partial charge < -0.3 is 10.2 Å². The standard InChI is InChI=1S/C21H23ClN2O2/c1-14-12-15(2)19(18(22)13-14)23-20(25)16-8-10-24(11-9-16)21(26)17-6-4-3-5-7-17/h3-7,12-13,16H,8-11H2,1-2H3,(H,23,25). The number of likely N-dealkylation sites (tertiary alicyclic amines) is 1. The average Bonchev–Trinajstić information content (AvgIpc) is 2.64. The van der Waals surface area contributed by atoms with Crippen LogP contribution in [0.2, 0.25) is 5.02 Å². The average molecular weight is 371 g/mol. The molecule has 136 valence electrons. The number of hydrogen-bond donors (Lipinski definition) is 1. The molecule has 0 unspecified atom stereocenters. The number of nitrogens with zero attached hydrogens (tertiary/aromatic N) is 1. The van der Waals surface area contributed by atoms with Crippen LogP contribution in [0.25, 0.3) is 0 Å². The number of benzene rings is 2. The van der Waals surface area contributed by atoms with Gasteiger partial charge in [-0.05, 0) is 56.0 Å².